The first-order chi connectivity index (χ1) is 17.5. The molecule has 37 heavy (non-hydrogen) atoms. The number of aryl methyl sites for hydroxylation is 1. The highest BCUT2D eigenvalue weighted by Gasteiger charge is 2.35. The van der Waals surface area contributed by atoms with Gasteiger partial charge in [0.1, 0.15) is 21.6 Å². The smallest absolute Gasteiger partial charge is 0.234 e. The topological polar surface area (TPSA) is 93.4 Å². The van der Waals surface area contributed by atoms with Crippen molar-refractivity contribution < 1.29 is 21.6 Å². The molecule has 0 N–H and O–H groups in total. The Bertz CT molecular complexity index is 1780. The van der Waals surface area contributed by atoms with Gasteiger partial charge in [-0.25, -0.2) is 27.9 Å². The number of halogens is 4. The molecule has 1 aliphatic rings. The first-order valence-corrected chi connectivity index (χ1v) is 13.9. The molecule has 6 rings (SSSR count). The average Bonchev–Trinajstić information content (AvgIpc) is 3.45. The van der Waals surface area contributed by atoms with Gasteiger partial charge in [-0.15, -0.1) is 16.4 Å². The summed E-state index contributed by atoms with van der Waals surface area (Å²) in [6.45, 7) is 2.19. The Kier molecular flexibility index (Phi) is 5.67. The van der Waals surface area contributed by atoms with Crippen molar-refractivity contribution in [3.05, 3.63) is 58.8 Å². The molecular formula is C23H18ClF3N6O2S2. The number of benzene rings is 1. The van der Waals surface area contributed by atoms with Crippen LogP contribution in [0.5, 0.6) is 0 Å². The number of thiophene rings is 1. The predicted octanol–water partition coefficient (Wildman–Crippen LogP) is 5.44. The number of fused-ring (bicyclic) bond motifs is 5. The van der Waals surface area contributed by atoms with Gasteiger partial charge in [0.2, 0.25) is 10.0 Å². The fourth-order valence-electron chi connectivity index (χ4n) is 4.67. The average molecular weight is 567 g/mol. The molecule has 0 bridgehead atoms. The van der Waals surface area contributed by atoms with Gasteiger partial charge in [0.25, 0.3) is 0 Å². The molecule has 1 saturated heterocycles. The lowest BCUT2D eigenvalue weighted by Crippen LogP contribution is -2.39. The van der Waals surface area contributed by atoms with Crippen molar-refractivity contribution >= 4 is 59.0 Å². The third kappa shape index (κ3) is 4.13. The summed E-state index contributed by atoms with van der Waals surface area (Å²) < 4.78 is 69.8. The van der Waals surface area contributed by atoms with E-state index in [1.165, 1.54) is 39.4 Å². The van der Waals surface area contributed by atoms with Crippen molar-refractivity contribution in [1.82, 2.24) is 28.9 Å². The molecule has 192 valence electrons. The normalized spacial score (nSPS) is 17.8. The van der Waals surface area contributed by atoms with Gasteiger partial charge in [0, 0.05) is 29.4 Å². The van der Waals surface area contributed by atoms with Crippen LogP contribution in [0.2, 0.25) is 5.02 Å². The van der Waals surface area contributed by atoms with Crippen molar-refractivity contribution in [2.45, 2.75) is 36.8 Å². The van der Waals surface area contributed by atoms with E-state index in [9.17, 15) is 21.6 Å². The second-order valence-corrected chi connectivity index (χ2v) is 12.3. The molecule has 0 spiro atoms. The van der Waals surface area contributed by atoms with E-state index in [4.69, 9.17) is 16.6 Å². The van der Waals surface area contributed by atoms with Crippen LogP contribution >= 0.6 is 22.9 Å². The maximum atomic E-state index is 13.3. The molecule has 4 aromatic heterocycles. The third-order valence-corrected chi connectivity index (χ3v) is 9.67. The van der Waals surface area contributed by atoms with Crippen LogP contribution in [0.1, 0.15) is 35.8 Å². The zero-order valence-electron chi connectivity index (χ0n) is 19.2. The summed E-state index contributed by atoms with van der Waals surface area (Å²) >= 11 is 6.99. The molecule has 8 nitrogen and oxygen atoms in total. The van der Waals surface area contributed by atoms with Gasteiger partial charge in [-0.3, -0.25) is 0 Å². The number of nitrogens with zero attached hydrogens (tertiary/aromatic N) is 6. The van der Waals surface area contributed by atoms with Crippen LogP contribution in [0.25, 0.3) is 26.1 Å². The fourth-order valence-corrected chi connectivity index (χ4v) is 7.50. The van der Waals surface area contributed by atoms with Gasteiger partial charge in [0.15, 0.2) is 11.5 Å². The second kappa shape index (κ2) is 8.58. The quantitative estimate of drug-likeness (QED) is 0.289. The molecule has 0 aliphatic carbocycles. The molecule has 5 aromatic rings. The molecule has 0 unspecified atom stereocenters. The molecule has 0 amide bonds. The first-order valence-electron chi connectivity index (χ1n) is 11.3. The van der Waals surface area contributed by atoms with Crippen LogP contribution in [0, 0.1) is 6.92 Å². The number of rotatable bonds is 3. The molecule has 14 heteroatoms. The van der Waals surface area contributed by atoms with Gasteiger partial charge in [-0.2, -0.15) is 17.5 Å². The van der Waals surface area contributed by atoms with E-state index < -0.39 is 21.9 Å². The van der Waals surface area contributed by atoms with E-state index in [1.807, 2.05) is 0 Å². The third-order valence-electron chi connectivity index (χ3n) is 6.47. The number of hydrogen-bond donors (Lipinski definition) is 0. The molecule has 1 aliphatic heterocycles. The van der Waals surface area contributed by atoms with E-state index in [-0.39, 0.29) is 22.2 Å². The molecule has 0 radical (unpaired) electrons. The summed E-state index contributed by atoms with van der Waals surface area (Å²) in [7, 11) is -3.72. The van der Waals surface area contributed by atoms with Crippen LogP contribution < -0.4 is 0 Å². The van der Waals surface area contributed by atoms with Gasteiger partial charge in [0.05, 0.1) is 10.4 Å². The van der Waals surface area contributed by atoms with Gasteiger partial charge >= 0.3 is 6.18 Å². The van der Waals surface area contributed by atoms with Crippen LogP contribution in [-0.4, -0.2) is 50.4 Å². The summed E-state index contributed by atoms with van der Waals surface area (Å²) in [5.41, 5.74) is 0.441. The number of hydrogen-bond acceptors (Lipinski definition) is 7. The van der Waals surface area contributed by atoms with Crippen molar-refractivity contribution in [3.63, 3.8) is 0 Å². The summed E-state index contributed by atoms with van der Waals surface area (Å²) in [6, 6.07) is 7.06. The Hall–Kier alpha value is -2.87. The SMILES string of the molecule is Cc1cc(C(F)(F)F)nc2sc3c(ncn4nc([C@H]5CCCN(S(=O)(=O)c6ccc(Cl)cc6)C5)nc34)c12. The molecular weight excluding hydrogens is 549 g/mol. The fraction of sp³-hybridized carbons (Fsp3) is 0.304. The molecule has 0 saturated carbocycles. The van der Waals surface area contributed by atoms with Crippen LogP contribution in [-0.2, 0) is 16.2 Å². The molecule has 1 aromatic carbocycles. The minimum Gasteiger partial charge on any atom is -0.234 e. The van der Waals surface area contributed by atoms with Crippen molar-refractivity contribution in [2.24, 2.45) is 0 Å². The summed E-state index contributed by atoms with van der Waals surface area (Å²) in [5, 5.41) is 5.55. The number of piperidine rings is 1. The monoisotopic (exact) mass is 566 g/mol. The van der Waals surface area contributed by atoms with E-state index in [2.05, 4.69) is 15.1 Å². The van der Waals surface area contributed by atoms with Gasteiger partial charge in [-0.05, 0) is 55.7 Å². The van der Waals surface area contributed by atoms with Crippen LogP contribution in [0.15, 0.2) is 41.6 Å². The molecule has 1 fully saturated rings. The Morgan fingerprint density at radius 2 is 1.92 bits per heavy atom. The highest BCUT2D eigenvalue weighted by atomic mass is 35.5. The number of sulfonamides is 1. The van der Waals surface area contributed by atoms with Gasteiger partial charge in [-0.1, -0.05) is 11.6 Å². The molecule has 1 atom stereocenters. The maximum Gasteiger partial charge on any atom is 0.433 e. The van der Waals surface area contributed by atoms with E-state index in [0.717, 1.165) is 17.4 Å². The van der Waals surface area contributed by atoms with E-state index >= 15 is 0 Å². The highest BCUT2D eigenvalue weighted by molar-refractivity contribution is 7.89. The standard InChI is InChI=1S/C23H18ClF3N6O2S2/c1-12-9-16(23(25,26)27)29-22-17(12)18-19(36-22)21-30-20(31-33(21)11-28-18)13-3-2-8-32(10-13)37(34,35)15-6-4-14(24)5-7-15/h4-7,9,11,13H,2-3,8,10H2,1H3/t13-/m0/s1. The van der Waals surface area contributed by atoms with Crippen molar-refractivity contribution in [1.29, 1.82) is 0 Å². The zero-order chi connectivity index (χ0) is 26.1. The summed E-state index contributed by atoms with van der Waals surface area (Å²) in [4.78, 5) is 13.4. The second-order valence-electron chi connectivity index (χ2n) is 8.92. The predicted molar refractivity (Wildman–Crippen MR) is 133 cm³/mol. The summed E-state index contributed by atoms with van der Waals surface area (Å²) in [5.74, 6) is 0.209. The van der Waals surface area contributed by atoms with Gasteiger partial charge < -0.3 is 0 Å². The van der Waals surface area contributed by atoms with E-state index in [1.54, 1.807) is 6.92 Å². The number of pyridine rings is 1. The number of aromatic nitrogens is 5. The first kappa shape index (κ1) is 24.5. The minimum absolute atomic E-state index is 0.165. The maximum absolute atomic E-state index is 13.3. The highest BCUT2D eigenvalue weighted by Crippen LogP contribution is 2.39. The van der Waals surface area contributed by atoms with Crippen molar-refractivity contribution in [3.8, 4) is 0 Å². The lowest BCUT2D eigenvalue weighted by molar-refractivity contribution is -0.141. The van der Waals surface area contributed by atoms with Crippen LogP contribution in [0.4, 0.5) is 13.2 Å². The largest absolute Gasteiger partial charge is 0.433 e. The number of alkyl halides is 3. The minimum atomic E-state index is -4.56. The van der Waals surface area contributed by atoms with Crippen LogP contribution in [0.3, 0.4) is 0 Å². The zero-order valence-corrected chi connectivity index (χ0v) is 21.6. The summed E-state index contributed by atoms with van der Waals surface area (Å²) in [6.07, 6.45) is -1.75. The Morgan fingerprint density at radius 3 is 2.65 bits per heavy atom. The Labute approximate surface area is 217 Å². The Morgan fingerprint density at radius 1 is 1.16 bits per heavy atom. The van der Waals surface area contributed by atoms with E-state index in [0.29, 0.717) is 57.0 Å². The lowest BCUT2D eigenvalue weighted by Gasteiger charge is -2.30. The Balaban J connectivity index is 1.39. The lowest BCUT2D eigenvalue weighted by atomic mass is 9.99. The van der Waals surface area contributed by atoms with Crippen molar-refractivity contribution in [2.75, 3.05) is 13.1 Å². The molecule has 5 heterocycles.